The summed E-state index contributed by atoms with van der Waals surface area (Å²) in [6, 6.07) is 10.9. The number of nitrogens with one attached hydrogen (secondary N) is 1. The second-order valence-electron chi connectivity index (χ2n) is 7.02. The first-order valence-electron chi connectivity index (χ1n) is 9.54. The Balaban J connectivity index is 2.44. The smallest absolute Gasteiger partial charge is 0.244 e. The maximum Gasteiger partial charge on any atom is 0.244 e. The Kier molecular flexibility index (Phi) is 8.94. The second-order valence-corrected chi connectivity index (χ2v) is 10.3. The number of carbonyl (C=O) groups is 2. The summed E-state index contributed by atoms with van der Waals surface area (Å²) >= 11 is 9.43. The van der Waals surface area contributed by atoms with E-state index in [9.17, 15) is 18.0 Å². The van der Waals surface area contributed by atoms with Gasteiger partial charge in [0.25, 0.3) is 0 Å². The molecule has 2 aromatic rings. The van der Waals surface area contributed by atoms with Crippen molar-refractivity contribution in [2.45, 2.75) is 19.5 Å². The Bertz CT molecular complexity index is 1080. The number of nitrogens with zero attached hydrogens (tertiary/aromatic N) is 2. The summed E-state index contributed by atoms with van der Waals surface area (Å²) in [4.78, 5) is 27.0. The highest BCUT2D eigenvalue weighted by Crippen LogP contribution is 2.33. The number of anilines is 1. The van der Waals surface area contributed by atoms with Crippen molar-refractivity contribution in [3.63, 3.8) is 0 Å². The van der Waals surface area contributed by atoms with Gasteiger partial charge in [-0.05, 0) is 42.8 Å². The molecule has 0 aliphatic carbocycles. The number of amides is 2. The van der Waals surface area contributed by atoms with Gasteiger partial charge in [0.1, 0.15) is 18.3 Å². The van der Waals surface area contributed by atoms with Gasteiger partial charge in [-0.25, -0.2) is 8.42 Å². The molecule has 0 saturated heterocycles. The molecule has 1 N–H and O–H groups in total. The van der Waals surface area contributed by atoms with Crippen LogP contribution >= 0.6 is 27.5 Å². The van der Waals surface area contributed by atoms with Gasteiger partial charge in [0, 0.05) is 23.1 Å². The van der Waals surface area contributed by atoms with Crippen LogP contribution in [0.5, 0.6) is 5.75 Å². The van der Waals surface area contributed by atoms with E-state index in [0.29, 0.717) is 0 Å². The molecule has 1 atom stereocenters. The maximum atomic E-state index is 13.3. The minimum atomic E-state index is -3.89. The molecule has 2 amide bonds. The second kappa shape index (κ2) is 11.0. The average Bonchev–Trinajstić information content (AvgIpc) is 2.75. The number of carbonyl (C=O) groups excluding carboxylic acids is 2. The van der Waals surface area contributed by atoms with Crippen molar-refractivity contribution in [2.75, 3.05) is 31.3 Å². The number of ether oxygens (including phenoxy) is 1. The Morgan fingerprint density at radius 3 is 2.34 bits per heavy atom. The van der Waals surface area contributed by atoms with E-state index >= 15 is 0 Å². The number of rotatable bonds is 9. The predicted molar refractivity (Wildman–Crippen MR) is 128 cm³/mol. The first-order valence-corrected chi connectivity index (χ1v) is 12.6. The number of methoxy groups -OCH3 is 1. The van der Waals surface area contributed by atoms with Gasteiger partial charge in [-0.1, -0.05) is 39.7 Å². The van der Waals surface area contributed by atoms with Crippen LogP contribution in [0, 0.1) is 0 Å². The molecule has 2 rings (SSSR count). The molecule has 11 heteroatoms. The van der Waals surface area contributed by atoms with Crippen molar-refractivity contribution >= 4 is 55.1 Å². The molecule has 0 aliphatic rings. The van der Waals surface area contributed by atoms with Gasteiger partial charge in [-0.2, -0.15) is 0 Å². The number of sulfonamides is 1. The summed E-state index contributed by atoms with van der Waals surface area (Å²) in [5.74, 6) is -0.690. The van der Waals surface area contributed by atoms with E-state index in [0.717, 1.165) is 20.6 Å². The van der Waals surface area contributed by atoms with Gasteiger partial charge < -0.3 is 15.0 Å². The molecule has 0 unspecified atom stereocenters. The zero-order chi connectivity index (χ0) is 24.1. The zero-order valence-corrected chi connectivity index (χ0v) is 21.3. The van der Waals surface area contributed by atoms with E-state index in [4.69, 9.17) is 16.3 Å². The highest BCUT2D eigenvalue weighted by molar-refractivity contribution is 9.10. The molecule has 0 fully saturated rings. The minimum Gasteiger partial charge on any atom is -0.495 e. The third kappa shape index (κ3) is 6.60. The van der Waals surface area contributed by atoms with E-state index in [-0.39, 0.29) is 28.9 Å². The van der Waals surface area contributed by atoms with E-state index in [1.807, 2.05) is 24.3 Å². The fraction of sp³-hybridized carbons (Fsp3) is 0.333. The lowest BCUT2D eigenvalue weighted by Crippen LogP contribution is -2.50. The van der Waals surface area contributed by atoms with Gasteiger partial charge in [0.15, 0.2) is 0 Å². The lowest BCUT2D eigenvalue weighted by Gasteiger charge is -2.31. The maximum absolute atomic E-state index is 13.3. The van der Waals surface area contributed by atoms with Crippen LogP contribution in [0.15, 0.2) is 46.9 Å². The molecule has 2 aromatic carbocycles. The lowest BCUT2D eigenvalue weighted by molar-refractivity contribution is -0.139. The molecule has 8 nitrogen and oxygen atoms in total. The summed E-state index contributed by atoms with van der Waals surface area (Å²) in [6.07, 6.45) is 0.988. The van der Waals surface area contributed by atoms with Crippen LogP contribution in [0.1, 0.15) is 12.5 Å². The minimum absolute atomic E-state index is 0.116. The highest BCUT2D eigenvalue weighted by Gasteiger charge is 2.31. The molecule has 0 saturated carbocycles. The van der Waals surface area contributed by atoms with E-state index in [1.165, 1.54) is 31.2 Å². The third-order valence-electron chi connectivity index (χ3n) is 4.77. The predicted octanol–water partition coefficient (Wildman–Crippen LogP) is 3.04. The molecule has 174 valence electrons. The standard InChI is InChI=1S/C21H25BrClN3O5S/c1-14(21(28)24-2)25(12-15-5-7-16(22)8-6-15)20(27)13-26(32(4,29)30)18-11-17(23)9-10-19(18)31-3/h5-11,14H,12-13H2,1-4H3,(H,24,28)/t14-/m1/s1. The quantitative estimate of drug-likeness (QED) is 0.522. The Morgan fingerprint density at radius 1 is 1.19 bits per heavy atom. The van der Waals surface area contributed by atoms with Crippen LogP contribution in [0.3, 0.4) is 0 Å². The SMILES string of the molecule is CNC(=O)[C@@H](C)N(Cc1ccc(Br)cc1)C(=O)CN(c1cc(Cl)ccc1OC)S(C)(=O)=O. The summed E-state index contributed by atoms with van der Waals surface area (Å²) < 4.78 is 32.3. The van der Waals surface area contributed by atoms with Crippen molar-refractivity contribution in [3.8, 4) is 5.75 Å². The van der Waals surface area contributed by atoms with Crippen molar-refractivity contribution in [3.05, 3.63) is 57.5 Å². The van der Waals surface area contributed by atoms with E-state index < -0.39 is 28.5 Å². The Morgan fingerprint density at radius 2 is 1.81 bits per heavy atom. The fourth-order valence-electron chi connectivity index (χ4n) is 3.03. The van der Waals surface area contributed by atoms with Gasteiger partial charge in [-0.3, -0.25) is 13.9 Å². The molecule has 0 aromatic heterocycles. The highest BCUT2D eigenvalue weighted by atomic mass is 79.9. The Hall–Kier alpha value is -2.30. The van der Waals surface area contributed by atoms with Crippen LogP contribution in [-0.4, -0.2) is 58.1 Å². The summed E-state index contributed by atoms with van der Waals surface area (Å²) in [5.41, 5.74) is 0.913. The van der Waals surface area contributed by atoms with Crippen molar-refractivity contribution in [2.24, 2.45) is 0 Å². The van der Waals surface area contributed by atoms with Crippen LogP contribution in [-0.2, 0) is 26.2 Å². The molecule has 0 bridgehead atoms. The van der Waals surface area contributed by atoms with Gasteiger partial charge in [0.05, 0.1) is 19.1 Å². The monoisotopic (exact) mass is 545 g/mol. The summed E-state index contributed by atoms with van der Waals surface area (Å²) in [5, 5.41) is 2.81. The molecule has 0 spiro atoms. The number of benzene rings is 2. The average molecular weight is 547 g/mol. The zero-order valence-electron chi connectivity index (χ0n) is 18.1. The molecule has 0 radical (unpaired) electrons. The molecule has 0 aliphatic heterocycles. The largest absolute Gasteiger partial charge is 0.495 e. The van der Waals surface area contributed by atoms with Crippen LogP contribution in [0.25, 0.3) is 0 Å². The molecular weight excluding hydrogens is 522 g/mol. The van der Waals surface area contributed by atoms with Gasteiger partial charge in [0.2, 0.25) is 21.8 Å². The number of halogens is 2. The van der Waals surface area contributed by atoms with Crippen molar-refractivity contribution in [1.29, 1.82) is 0 Å². The summed E-state index contributed by atoms with van der Waals surface area (Å²) in [6.45, 7) is 1.17. The molecule has 0 heterocycles. The first-order chi connectivity index (χ1) is 15.0. The normalized spacial score (nSPS) is 12.1. The van der Waals surface area contributed by atoms with Crippen LogP contribution in [0.2, 0.25) is 5.02 Å². The summed E-state index contributed by atoms with van der Waals surface area (Å²) in [7, 11) is -1.02. The topological polar surface area (TPSA) is 96.0 Å². The van der Waals surface area contributed by atoms with Crippen molar-refractivity contribution in [1.82, 2.24) is 10.2 Å². The lowest BCUT2D eigenvalue weighted by atomic mass is 10.1. The van der Waals surface area contributed by atoms with Crippen LogP contribution in [0.4, 0.5) is 5.69 Å². The molecular formula is C21H25BrClN3O5S. The van der Waals surface area contributed by atoms with Crippen LogP contribution < -0.4 is 14.4 Å². The van der Waals surface area contributed by atoms with E-state index in [1.54, 1.807) is 13.0 Å². The van der Waals surface area contributed by atoms with Gasteiger partial charge in [-0.15, -0.1) is 0 Å². The number of hydrogen-bond donors (Lipinski definition) is 1. The number of likely N-dealkylation sites (N-methyl/N-ethyl adjacent to an activating group) is 1. The fourth-order valence-corrected chi connectivity index (χ4v) is 4.31. The first kappa shape index (κ1) is 26.0. The van der Waals surface area contributed by atoms with Gasteiger partial charge >= 0.3 is 0 Å². The number of hydrogen-bond acceptors (Lipinski definition) is 5. The third-order valence-corrected chi connectivity index (χ3v) is 6.66. The van der Waals surface area contributed by atoms with Crippen molar-refractivity contribution < 1.29 is 22.7 Å². The molecule has 32 heavy (non-hydrogen) atoms. The Labute approximate surface area is 201 Å². The van der Waals surface area contributed by atoms with E-state index in [2.05, 4.69) is 21.2 Å².